The highest BCUT2D eigenvalue weighted by Crippen LogP contribution is 2.76. The van der Waals surface area contributed by atoms with Crippen molar-refractivity contribution in [1.29, 1.82) is 0 Å². The summed E-state index contributed by atoms with van der Waals surface area (Å²) in [5.41, 5.74) is -2.26. The van der Waals surface area contributed by atoms with Crippen LogP contribution in [0.15, 0.2) is 11.6 Å². The summed E-state index contributed by atoms with van der Waals surface area (Å²) in [7, 11) is 1.72. The van der Waals surface area contributed by atoms with E-state index in [2.05, 4.69) is 40.7 Å². The first kappa shape index (κ1) is 52.6. The van der Waals surface area contributed by atoms with Crippen LogP contribution in [0.2, 0.25) is 0 Å². The Hall–Kier alpha value is -1.76. The first-order valence-corrected chi connectivity index (χ1v) is 24.6. The smallest absolute Gasteiger partial charge is 0.315 e. The molecular formula is C49H78O19. The summed E-state index contributed by atoms with van der Waals surface area (Å²) in [4.78, 5) is 29.1. The SMILES string of the molecule is COC1C=C2C3CC(C)(C)C(=O)CC3(C(=O)OC3OC(COC4OC(CO)C(OC5OC(C)C(O)C(O)C5O)C(O)C4O)C(O)C(O)C3O)CCC2(C)C2(C)CCC3C(C)(C)C(O)CCC3(C)C12. The van der Waals surface area contributed by atoms with E-state index in [0.29, 0.717) is 25.7 Å². The lowest BCUT2D eigenvalue weighted by Crippen LogP contribution is -2.68. The van der Waals surface area contributed by atoms with Gasteiger partial charge in [0.1, 0.15) is 72.9 Å². The van der Waals surface area contributed by atoms with Gasteiger partial charge < -0.3 is 84.2 Å². The Bertz CT molecular complexity index is 1910. The quantitative estimate of drug-likeness (QED) is 0.107. The molecule has 8 aliphatic rings. The number of esters is 1. The van der Waals surface area contributed by atoms with Crippen LogP contribution >= 0.6 is 0 Å². The highest BCUT2D eigenvalue weighted by atomic mass is 16.8. The van der Waals surface area contributed by atoms with E-state index in [1.54, 1.807) is 7.11 Å². The third-order valence-electron chi connectivity index (χ3n) is 19.4. The minimum atomic E-state index is -1.93. The molecule has 5 aliphatic carbocycles. The Balaban J connectivity index is 1.01. The summed E-state index contributed by atoms with van der Waals surface area (Å²) in [6, 6.07) is 0. The fourth-order valence-electron chi connectivity index (χ4n) is 14.9. The van der Waals surface area contributed by atoms with Crippen molar-refractivity contribution >= 4 is 11.8 Å². The monoisotopic (exact) mass is 971 g/mol. The van der Waals surface area contributed by atoms with Crippen molar-refractivity contribution < 1.29 is 93.8 Å². The van der Waals surface area contributed by atoms with Crippen molar-refractivity contribution in [3.63, 3.8) is 0 Å². The van der Waals surface area contributed by atoms with Crippen molar-refractivity contribution in [3.05, 3.63) is 11.6 Å². The molecule has 0 amide bonds. The Labute approximate surface area is 398 Å². The number of rotatable bonds is 9. The Morgan fingerprint density at radius 3 is 2.03 bits per heavy atom. The lowest BCUT2D eigenvalue weighted by Gasteiger charge is -2.72. The summed E-state index contributed by atoms with van der Waals surface area (Å²) in [5, 5.41) is 108. The van der Waals surface area contributed by atoms with E-state index >= 15 is 4.79 Å². The van der Waals surface area contributed by atoms with Crippen LogP contribution in [0.25, 0.3) is 0 Å². The third-order valence-corrected chi connectivity index (χ3v) is 19.4. The summed E-state index contributed by atoms with van der Waals surface area (Å²) < 4.78 is 41.1. The summed E-state index contributed by atoms with van der Waals surface area (Å²) >= 11 is 0. The normalized spacial score (nSPS) is 53.2. The number of carbonyl (C=O) groups excluding carboxylic acids is 2. The molecule has 68 heavy (non-hydrogen) atoms. The lowest BCUT2D eigenvalue weighted by molar-refractivity contribution is -0.361. The second kappa shape index (κ2) is 18.3. The van der Waals surface area contributed by atoms with Crippen molar-refractivity contribution in [1.82, 2.24) is 0 Å². The van der Waals surface area contributed by atoms with E-state index in [1.807, 2.05) is 13.8 Å². The zero-order valence-corrected chi connectivity index (χ0v) is 40.8. The van der Waals surface area contributed by atoms with Crippen LogP contribution < -0.4 is 0 Å². The van der Waals surface area contributed by atoms with Crippen molar-refractivity contribution in [2.24, 2.45) is 50.2 Å². The maximum absolute atomic E-state index is 15.1. The van der Waals surface area contributed by atoms with Gasteiger partial charge in [-0.15, -0.1) is 0 Å². The van der Waals surface area contributed by atoms with Crippen molar-refractivity contribution in [2.45, 2.75) is 211 Å². The van der Waals surface area contributed by atoms with Crippen molar-refractivity contribution in [3.8, 4) is 0 Å². The number of methoxy groups -OCH3 is 1. The van der Waals surface area contributed by atoms with Crippen LogP contribution in [-0.2, 0) is 42.7 Å². The fourth-order valence-corrected chi connectivity index (χ4v) is 14.9. The number of aliphatic hydroxyl groups is 10. The average Bonchev–Trinajstić information content (AvgIpc) is 3.28. The fraction of sp³-hybridized carbons (Fsp3) is 0.918. The van der Waals surface area contributed by atoms with Crippen LogP contribution in [0, 0.1) is 50.2 Å². The number of hydrogen-bond donors (Lipinski definition) is 10. The van der Waals surface area contributed by atoms with Gasteiger partial charge in [0, 0.05) is 24.9 Å². The van der Waals surface area contributed by atoms with E-state index in [-0.39, 0.29) is 46.4 Å². The van der Waals surface area contributed by atoms with Crippen molar-refractivity contribution in [2.75, 3.05) is 20.3 Å². The largest absolute Gasteiger partial charge is 0.432 e. The number of fused-ring (bicyclic) bond motifs is 7. The van der Waals surface area contributed by atoms with Gasteiger partial charge in [0.2, 0.25) is 6.29 Å². The van der Waals surface area contributed by atoms with Gasteiger partial charge in [-0.2, -0.15) is 0 Å². The zero-order valence-electron chi connectivity index (χ0n) is 40.8. The molecule has 0 aromatic heterocycles. The third kappa shape index (κ3) is 8.00. The number of ketones is 1. The van der Waals surface area contributed by atoms with Crippen LogP contribution in [-0.4, -0.2) is 187 Å². The van der Waals surface area contributed by atoms with Gasteiger partial charge in [-0.05, 0) is 85.4 Å². The molecule has 0 aromatic carbocycles. The molecule has 19 heteroatoms. The number of ether oxygens (including phenoxy) is 7. The topological polar surface area (TPSA) is 301 Å². The molecule has 0 radical (unpaired) electrons. The molecule has 7 fully saturated rings. The molecule has 3 heterocycles. The van der Waals surface area contributed by atoms with Crippen LogP contribution in [0.3, 0.4) is 0 Å². The molecule has 19 nitrogen and oxygen atoms in total. The van der Waals surface area contributed by atoms with Gasteiger partial charge >= 0.3 is 5.97 Å². The molecule has 0 bridgehead atoms. The van der Waals surface area contributed by atoms with E-state index in [1.165, 1.54) is 6.92 Å². The molecule has 24 unspecified atom stereocenters. The maximum Gasteiger partial charge on any atom is 0.315 e. The highest BCUT2D eigenvalue weighted by Gasteiger charge is 2.72. The number of carbonyl (C=O) groups is 2. The Kier molecular flexibility index (Phi) is 14.2. The van der Waals surface area contributed by atoms with Crippen LogP contribution in [0.1, 0.15) is 107 Å². The first-order valence-electron chi connectivity index (χ1n) is 24.6. The Morgan fingerprint density at radius 2 is 1.37 bits per heavy atom. The van der Waals surface area contributed by atoms with Gasteiger partial charge in [0.05, 0.1) is 36.9 Å². The summed E-state index contributed by atoms with van der Waals surface area (Å²) in [5.74, 6) is -1.03. The second-order valence-electron chi connectivity index (χ2n) is 23.7. The van der Waals surface area contributed by atoms with E-state index < -0.39 is 140 Å². The predicted octanol–water partition coefficient (Wildman–Crippen LogP) is -0.0280. The molecule has 388 valence electrons. The van der Waals surface area contributed by atoms with E-state index in [9.17, 15) is 55.9 Å². The van der Waals surface area contributed by atoms with Gasteiger partial charge in [-0.1, -0.05) is 60.1 Å². The molecule has 10 N–H and O–H groups in total. The molecule has 0 aromatic rings. The highest BCUT2D eigenvalue weighted by molar-refractivity contribution is 5.92. The number of allylic oxidation sites excluding steroid dienone is 1. The Morgan fingerprint density at radius 1 is 0.735 bits per heavy atom. The molecule has 3 saturated heterocycles. The molecule has 8 rings (SSSR count). The molecule has 4 saturated carbocycles. The zero-order chi connectivity index (χ0) is 50.0. The van der Waals surface area contributed by atoms with Gasteiger partial charge in [0.25, 0.3) is 0 Å². The number of hydrogen-bond acceptors (Lipinski definition) is 19. The molecule has 0 spiro atoms. The molecular weight excluding hydrogens is 893 g/mol. The van der Waals surface area contributed by atoms with E-state index in [0.717, 1.165) is 24.8 Å². The van der Waals surface area contributed by atoms with E-state index in [4.69, 9.17) is 33.2 Å². The standard InChI is InChI=1S/C49H78O19/c1-21-30(53)32(55)35(58)41(64-21)67-38-25(19-50)65-40(37(60)34(38)57)63-20-26-31(54)33(56)36(59)42(66-26)68-43(61)49-15-14-47(7)22(23(49)17-44(2,3)29(52)18-49)16-24(62-9)39-46(6)12-11-28(51)45(4,5)27(46)10-13-48(39,47)8/h16,21,23-28,30-42,50-51,53-60H,10-15,17-20H2,1-9H3. The van der Waals surface area contributed by atoms with Gasteiger partial charge in [-0.25, -0.2) is 0 Å². The van der Waals surface area contributed by atoms with Gasteiger partial charge in [0.15, 0.2) is 12.6 Å². The predicted molar refractivity (Wildman–Crippen MR) is 235 cm³/mol. The number of Topliss-reactive ketones (excluding diaryl/α,β-unsaturated/α-hetero) is 1. The average molecular weight is 971 g/mol. The second-order valence-corrected chi connectivity index (χ2v) is 23.7. The summed E-state index contributed by atoms with van der Waals surface area (Å²) in [6.45, 7) is 15.2. The summed E-state index contributed by atoms with van der Waals surface area (Å²) in [6.07, 6.45) is -18.9. The van der Waals surface area contributed by atoms with Gasteiger partial charge in [-0.3, -0.25) is 9.59 Å². The maximum atomic E-state index is 15.1. The first-order chi connectivity index (χ1) is 31.6. The van der Waals surface area contributed by atoms with Crippen LogP contribution in [0.4, 0.5) is 0 Å². The molecule has 24 atom stereocenters. The minimum absolute atomic E-state index is 0.0995. The minimum Gasteiger partial charge on any atom is -0.432 e. The molecule has 3 aliphatic heterocycles. The number of aliphatic hydroxyl groups excluding tert-OH is 10. The van der Waals surface area contributed by atoms with Crippen LogP contribution in [0.5, 0.6) is 0 Å². The lowest BCUT2D eigenvalue weighted by atomic mass is 9.33.